The first kappa shape index (κ1) is 18.0. The summed E-state index contributed by atoms with van der Waals surface area (Å²) in [7, 11) is 1.32. The van der Waals surface area contributed by atoms with Gasteiger partial charge in [0.25, 0.3) is 0 Å². The molecule has 28 heavy (non-hydrogen) atoms. The van der Waals surface area contributed by atoms with E-state index in [4.69, 9.17) is 4.74 Å². The molecule has 144 valence electrons. The number of aromatic amines is 1. The largest absolute Gasteiger partial charge is 0.465 e. The fourth-order valence-corrected chi connectivity index (χ4v) is 3.43. The lowest BCUT2D eigenvalue weighted by Crippen LogP contribution is -2.38. The molecule has 0 bridgehead atoms. The smallest absolute Gasteiger partial charge is 0.337 e. The summed E-state index contributed by atoms with van der Waals surface area (Å²) in [6, 6.07) is 8.30. The van der Waals surface area contributed by atoms with Crippen molar-refractivity contribution < 1.29 is 23.1 Å². The number of anilines is 1. The van der Waals surface area contributed by atoms with Gasteiger partial charge < -0.3 is 19.9 Å². The third kappa shape index (κ3) is 3.06. The molecule has 0 atom stereocenters. The number of benzene rings is 2. The first-order valence-electron chi connectivity index (χ1n) is 8.69. The molecule has 0 spiro atoms. The van der Waals surface area contributed by atoms with Crippen LogP contribution in [0.2, 0.25) is 0 Å². The van der Waals surface area contributed by atoms with Crippen LogP contribution in [0.15, 0.2) is 36.4 Å². The van der Waals surface area contributed by atoms with Crippen LogP contribution in [-0.4, -0.2) is 35.5 Å². The van der Waals surface area contributed by atoms with Crippen molar-refractivity contribution in [2.24, 2.45) is 0 Å². The van der Waals surface area contributed by atoms with Gasteiger partial charge in [0.2, 0.25) is 0 Å². The topological polar surface area (TPSA) is 74.4 Å². The average molecular weight is 385 g/mol. The fraction of sp³-hybridized carbons (Fsp3) is 0.200. The number of H-pyrrole nitrogens is 1. The van der Waals surface area contributed by atoms with Crippen LogP contribution < -0.4 is 5.32 Å². The highest BCUT2D eigenvalue weighted by Crippen LogP contribution is 2.29. The minimum Gasteiger partial charge on any atom is -0.465 e. The maximum atomic E-state index is 13.8. The highest BCUT2D eigenvalue weighted by molar-refractivity contribution is 5.96. The molecule has 1 aromatic heterocycles. The van der Waals surface area contributed by atoms with Crippen molar-refractivity contribution in [3.63, 3.8) is 0 Å². The third-order valence-corrected chi connectivity index (χ3v) is 4.88. The molecule has 0 saturated carbocycles. The number of hydrogen-bond acceptors (Lipinski definition) is 3. The van der Waals surface area contributed by atoms with Gasteiger partial charge in [0.1, 0.15) is 0 Å². The number of nitrogens with zero attached hydrogens (tertiary/aromatic N) is 1. The van der Waals surface area contributed by atoms with E-state index < -0.39 is 23.6 Å². The Morgan fingerprint density at radius 3 is 2.82 bits per heavy atom. The molecule has 2 heterocycles. The zero-order chi connectivity index (χ0) is 19.8. The van der Waals surface area contributed by atoms with Crippen LogP contribution in [0.1, 0.15) is 21.6 Å². The van der Waals surface area contributed by atoms with Crippen molar-refractivity contribution >= 4 is 28.6 Å². The average Bonchev–Trinajstić information content (AvgIpc) is 3.07. The second-order valence-corrected chi connectivity index (χ2v) is 6.54. The number of methoxy groups -OCH3 is 1. The Morgan fingerprint density at radius 2 is 2.04 bits per heavy atom. The zero-order valence-corrected chi connectivity index (χ0v) is 15.0. The second-order valence-electron chi connectivity index (χ2n) is 6.54. The minimum absolute atomic E-state index is 0.206. The molecule has 0 saturated heterocycles. The summed E-state index contributed by atoms with van der Waals surface area (Å²) >= 11 is 0. The van der Waals surface area contributed by atoms with Crippen LogP contribution in [0.25, 0.3) is 10.9 Å². The van der Waals surface area contributed by atoms with Gasteiger partial charge in [-0.25, -0.2) is 18.4 Å². The molecule has 0 unspecified atom stereocenters. The summed E-state index contributed by atoms with van der Waals surface area (Å²) in [5, 5.41) is 3.24. The van der Waals surface area contributed by atoms with Crippen LogP contribution in [0.3, 0.4) is 0 Å². The standard InChI is InChI=1S/C20H17F2N3O3/c1-28-19(26)11-5-6-15-12(9-11)13-10-25(8-7-16(13)23-15)20(27)24-17-4-2-3-14(21)18(17)22/h2-6,9,23H,7-8,10H2,1H3,(H,24,27). The monoisotopic (exact) mass is 385 g/mol. The van der Waals surface area contributed by atoms with Gasteiger partial charge >= 0.3 is 12.0 Å². The summed E-state index contributed by atoms with van der Waals surface area (Å²) in [5.74, 6) is -2.56. The Hall–Kier alpha value is -3.42. The Bertz CT molecular complexity index is 1090. The number of aromatic nitrogens is 1. The quantitative estimate of drug-likeness (QED) is 0.659. The van der Waals surface area contributed by atoms with Gasteiger partial charge in [0.15, 0.2) is 11.6 Å². The number of fused-ring (bicyclic) bond motifs is 3. The van der Waals surface area contributed by atoms with E-state index in [-0.39, 0.29) is 12.2 Å². The SMILES string of the molecule is COC(=O)c1ccc2[nH]c3c(c2c1)CN(C(=O)Nc1cccc(F)c1F)CC3. The highest BCUT2D eigenvalue weighted by atomic mass is 19.2. The maximum Gasteiger partial charge on any atom is 0.337 e. The van der Waals surface area contributed by atoms with E-state index in [1.165, 1.54) is 24.1 Å². The van der Waals surface area contributed by atoms with E-state index in [2.05, 4.69) is 10.3 Å². The van der Waals surface area contributed by atoms with E-state index in [1.807, 2.05) is 0 Å². The summed E-state index contributed by atoms with van der Waals surface area (Å²) in [4.78, 5) is 29.2. The predicted molar refractivity (Wildman–Crippen MR) is 99.1 cm³/mol. The second kappa shape index (κ2) is 6.95. The molecule has 2 N–H and O–H groups in total. The molecular formula is C20H17F2N3O3. The van der Waals surface area contributed by atoms with E-state index in [9.17, 15) is 18.4 Å². The van der Waals surface area contributed by atoms with Crippen LogP contribution >= 0.6 is 0 Å². The Balaban J connectivity index is 1.60. The third-order valence-electron chi connectivity index (χ3n) is 4.88. The predicted octanol–water partition coefficient (Wildman–Crippen LogP) is 3.82. The van der Waals surface area contributed by atoms with Crippen molar-refractivity contribution in [1.29, 1.82) is 0 Å². The summed E-state index contributed by atoms with van der Waals surface area (Å²) in [5.41, 5.74) is 2.94. The highest BCUT2D eigenvalue weighted by Gasteiger charge is 2.25. The maximum absolute atomic E-state index is 13.8. The van der Waals surface area contributed by atoms with Crippen LogP contribution in [0.4, 0.5) is 19.3 Å². The van der Waals surface area contributed by atoms with Gasteiger partial charge in [-0.1, -0.05) is 6.07 Å². The number of nitrogens with one attached hydrogen (secondary N) is 2. The van der Waals surface area contributed by atoms with Gasteiger partial charge in [-0.3, -0.25) is 0 Å². The molecule has 1 aliphatic heterocycles. The first-order valence-corrected chi connectivity index (χ1v) is 8.69. The minimum atomic E-state index is -1.09. The number of ether oxygens (including phenoxy) is 1. The van der Waals surface area contributed by atoms with Crippen molar-refractivity contribution in [2.75, 3.05) is 19.0 Å². The number of esters is 1. The fourth-order valence-electron chi connectivity index (χ4n) is 3.43. The van der Waals surface area contributed by atoms with Crippen LogP contribution in [0, 0.1) is 11.6 Å². The molecule has 2 amide bonds. The number of urea groups is 1. The molecule has 0 radical (unpaired) electrons. The number of halogens is 2. The van der Waals surface area contributed by atoms with Gasteiger partial charge in [0.05, 0.1) is 18.4 Å². The van der Waals surface area contributed by atoms with Gasteiger partial charge in [-0.2, -0.15) is 0 Å². The number of carbonyl (C=O) groups excluding carboxylic acids is 2. The van der Waals surface area contributed by atoms with E-state index in [0.717, 1.165) is 28.2 Å². The molecule has 2 aromatic carbocycles. The lowest BCUT2D eigenvalue weighted by atomic mass is 10.0. The Labute approximate surface area is 159 Å². The van der Waals surface area contributed by atoms with Crippen molar-refractivity contribution in [3.8, 4) is 0 Å². The number of hydrogen-bond donors (Lipinski definition) is 2. The molecule has 4 rings (SSSR count). The normalized spacial score (nSPS) is 13.3. The Kier molecular flexibility index (Phi) is 4.46. The summed E-state index contributed by atoms with van der Waals surface area (Å²) < 4.78 is 31.9. The lowest BCUT2D eigenvalue weighted by molar-refractivity contribution is 0.0601. The van der Waals surface area contributed by atoms with E-state index in [0.29, 0.717) is 18.5 Å². The molecular weight excluding hydrogens is 368 g/mol. The van der Waals surface area contributed by atoms with Gasteiger partial charge in [-0.05, 0) is 30.3 Å². The van der Waals surface area contributed by atoms with E-state index >= 15 is 0 Å². The molecule has 1 aliphatic rings. The van der Waals surface area contributed by atoms with Crippen molar-refractivity contribution in [2.45, 2.75) is 13.0 Å². The van der Waals surface area contributed by atoms with E-state index in [1.54, 1.807) is 18.2 Å². The summed E-state index contributed by atoms with van der Waals surface area (Å²) in [6.07, 6.45) is 0.580. The van der Waals surface area contributed by atoms with Crippen molar-refractivity contribution in [3.05, 3.63) is 64.9 Å². The molecule has 6 nitrogen and oxygen atoms in total. The molecule has 0 aliphatic carbocycles. The van der Waals surface area contributed by atoms with Gasteiger partial charge in [0, 0.05) is 41.7 Å². The number of rotatable bonds is 2. The molecule has 0 fully saturated rings. The van der Waals surface area contributed by atoms with Crippen molar-refractivity contribution in [1.82, 2.24) is 9.88 Å². The van der Waals surface area contributed by atoms with Crippen LogP contribution in [0.5, 0.6) is 0 Å². The zero-order valence-electron chi connectivity index (χ0n) is 15.0. The molecule has 3 aromatic rings. The Morgan fingerprint density at radius 1 is 1.21 bits per heavy atom. The van der Waals surface area contributed by atoms with Crippen LogP contribution in [-0.2, 0) is 17.7 Å². The first-order chi connectivity index (χ1) is 13.5. The number of amides is 2. The molecule has 8 heteroatoms. The van der Waals surface area contributed by atoms with Gasteiger partial charge in [-0.15, -0.1) is 0 Å². The lowest BCUT2D eigenvalue weighted by Gasteiger charge is -2.27. The summed E-state index contributed by atoms with van der Waals surface area (Å²) in [6.45, 7) is 0.704. The number of carbonyl (C=O) groups is 2.